The number of hydrogen-bond acceptors (Lipinski definition) is 3. The number of nitrogens with one attached hydrogen (secondary N) is 1. The van der Waals surface area contributed by atoms with Crippen molar-refractivity contribution >= 4 is 0 Å². The number of aryl methyl sites for hydroxylation is 2. The first-order chi connectivity index (χ1) is 10.1. The summed E-state index contributed by atoms with van der Waals surface area (Å²) in [5.41, 5.74) is 2.68. The highest BCUT2D eigenvalue weighted by molar-refractivity contribution is 5.38. The minimum atomic E-state index is -0.239. The molecule has 116 valence electrons. The standard InChI is InChI=1S/C18H27NO2/c1-13(11-18(2,12-20)19-16-7-8-16)21-17-9-6-14-4-3-5-15(14)10-17/h6,9-10,13,16,19-20H,3-5,7-8,11-12H2,1-2H3. The van der Waals surface area contributed by atoms with Gasteiger partial charge in [-0.2, -0.15) is 0 Å². The zero-order chi connectivity index (χ0) is 14.9. The molecule has 2 atom stereocenters. The molecule has 2 aliphatic carbocycles. The third kappa shape index (κ3) is 3.78. The van der Waals surface area contributed by atoms with Crippen LogP contribution in [0.25, 0.3) is 0 Å². The number of aliphatic hydroxyl groups excluding tert-OH is 1. The van der Waals surface area contributed by atoms with Gasteiger partial charge < -0.3 is 15.2 Å². The Hall–Kier alpha value is -1.06. The Morgan fingerprint density at radius 1 is 1.33 bits per heavy atom. The minimum absolute atomic E-state index is 0.0906. The molecule has 1 saturated carbocycles. The highest BCUT2D eigenvalue weighted by Crippen LogP contribution is 2.28. The van der Waals surface area contributed by atoms with E-state index in [1.165, 1.54) is 43.2 Å². The molecule has 0 radical (unpaired) electrons. The normalized spacial score (nSPS) is 21.7. The number of fused-ring (bicyclic) bond motifs is 1. The van der Waals surface area contributed by atoms with Crippen LogP contribution < -0.4 is 10.1 Å². The maximum atomic E-state index is 9.69. The van der Waals surface area contributed by atoms with E-state index in [2.05, 4.69) is 37.4 Å². The van der Waals surface area contributed by atoms with Crippen molar-refractivity contribution in [1.29, 1.82) is 0 Å². The minimum Gasteiger partial charge on any atom is -0.491 e. The number of hydrogen-bond donors (Lipinski definition) is 2. The molecule has 21 heavy (non-hydrogen) atoms. The zero-order valence-corrected chi connectivity index (χ0v) is 13.2. The SMILES string of the molecule is CC(CC(C)(CO)NC1CC1)Oc1ccc2c(c1)CCC2. The second kappa shape index (κ2) is 5.98. The van der Waals surface area contributed by atoms with E-state index in [1.807, 2.05) is 0 Å². The highest BCUT2D eigenvalue weighted by Gasteiger charge is 2.33. The van der Waals surface area contributed by atoms with Gasteiger partial charge in [0.1, 0.15) is 5.75 Å². The van der Waals surface area contributed by atoms with E-state index in [4.69, 9.17) is 4.74 Å². The summed E-state index contributed by atoms with van der Waals surface area (Å²) in [6.07, 6.45) is 7.02. The second-order valence-electron chi connectivity index (χ2n) is 7.05. The molecule has 2 N–H and O–H groups in total. The molecule has 0 saturated heterocycles. The Morgan fingerprint density at radius 2 is 2.10 bits per heavy atom. The largest absolute Gasteiger partial charge is 0.491 e. The van der Waals surface area contributed by atoms with E-state index in [0.717, 1.165) is 12.2 Å². The van der Waals surface area contributed by atoms with Gasteiger partial charge in [-0.25, -0.2) is 0 Å². The van der Waals surface area contributed by atoms with Crippen molar-refractivity contribution in [2.75, 3.05) is 6.61 Å². The first kappa shape index (κ1) is 14.9. The molecule has 3 rings (SSSR count). The lowest BCUT2D eigenvalue weighted by atomic mass is 9.95. The summed E-state index contributed by atoms with van der Waals surface area (Å²) in [6, 6.07) is 7.08. The van der Waals surface area contributed by atoms with Crippen LogP contribution in [0.3, 0.4) is 0 Å². The van der Waals surface area contributed by atoms with E-state index < -0.39 is 0 Å². The summed E-state index contributed by atoms with van der Waals surface area (Å²) >= 11 is 0. The van der Waals surface area contributed by atoms with Crippen LogP contribution >= 0.6 is 0 Å². The first-order valence-corrected chi connectivity index (χ1v) is 8.25. The molecule has 0 bridgehead atoms. The average molecular weight is 289 g/mol. The molecule has 3 heteroatoms. The molecule has 1 aromatic rings. The Bertz CT molecular complexity index is 498. The van der Waals surface area contributed by atoms with Crippen LogP contribution in [0.4, 0.5) is 0 Å². The Kier molecular flexibility index (Phi) is 4.23. The second-order valence-corrected chi connectivity index (χ2v) is 7.05. The number of aliphatic hydroxyl groups is 1. The number of benzene rings is 1. The lowest BCUT2D eigenvalue weighted by Crippen LogP contribution is -2.49. The number of rotatable bonds is 7. The molecule has 0 amide bonds. The molecular weight excluding hydrogens is 262 g/mol. The Morgan fingerprint density at radius 3 is 2.81 bits per heavy atom. The summed E-state index contributed by atoms with van der Waals surface area (Å²) in [5.74, 6) is 0.967. The fraction of sp³-hybridized carbons (Fsp3) is 0.667. The molecule has 0 aliphatic heterocycles. The van der Waals surface area contributed by atoms with Crippen molar-refractivity contribution < 1.29 is 9.84 Å². The maximum Gasteiger partial charge on any atom is 0.119 e. The van der Waals surface area contributed by atoms with Gasteiger partial charge in [0.05, 0.1) is 12.7 Å². The van der Waals surface area contributed by atoms with Crippen LogP contribution in [-0.2, 0) is 12.8 Å². The van der Waals surface area contributed by atoms with Gasteiger partial charge in [0.15, 0.2) is 0 Å². The van der Waals surface area contributed by atoms with Crippen molar-refractivity contribution in [2.45, 2.75) is 70.1 Å². The van der Waals surface area contributed by atoms with E-state index >= 15 is 0 Å². The summed E-state index contributed by atoms with van der Waals surface area (Å²) in [4.78, 5) is 0. The quantitative estimate of drug-likeness (QED) is 0.811. The van der Waals surface area contributed by atoms with Crippen molar-refractivity contribution in [2.24, 2.45) is 0 Å². The first-order valence-electron chi connectivity index (χ1n) is 8.25. The monoisotopic (exact) mass is 289 g/mol. The van der Waals surface area contributed by atoms with Crippen LogP contribution in [0, 0.1) is 0 Å². The van der Waals surface area contributed by atoms with Gasteiger partial charge in [0.25, 0.3) is 0 Å². The third-order valence-corrected chi connectivity index (χ3v) is 4.62. The third-order valence-electron chi connectivity index (χ3n) is 4.62. The summed E-state index contributed by atoms with van der Waals surface area (Å²) < 4.78 is 6.09. The molecule has 0 aromatic heterocycles. The summed E-state index contributed by atoms with van der Waals surface area (Å²) in [5, 5.41) is 13.2. The zero-order valence-electron chi connectivity index (χ0n) is 13.2. The average Bonchev–Trinajstić information content (AvgIpc) is 3.12. The molecule has 2 aliphatic rings. The van der Waals surface area contributed by atoms with Gasteiger partial charge in [-0.3, -0.25) is 0 Å². The highest BCUT2D eigenvalue weighted by atomic mass is 16.5. The molecule has 2 unspecified atom stereocenters. The van der Waals surface area contributed by atoms with Gasteiger partial charge in [0, 0.05) is 18.0 Å². The number of ether oxygens (including phenoxy) is 1. The molecule has 1 aromatic carbocycles. The van der Waals surface area contributed by atoms with Crippen molar-refractivity contribution in [3.8, 4) is 5.75 Å². The molecule has 0 heterocycles. The van der Waals surface area contributed by atoms with Gasteiger partial charge in [-0.1, -0.05) is 6.07 Å². The van der Waals surface area contributed by atoms with Gasteiger partial charge in [-0.05, 0) is 69.2 Å². The summed E-state index contributed by atoms with van der Waals surface area (Å²) in [6.45, 7) is 4.34. The van der Waals surface area contributed by atoms with Crippen LogP contribution in [0.1, 0.15) is 50.7 Å². The lowest BCUT2D eigenvalue weighted by Gasteiger charge is -2.32. The molecule has 1 fully saturated rings. The Balaban J connectivity index is 1.58. The fourth-order valence-corrected chi connectivity index (χ4v) is 3.42. The van der Waals surface area contributed by atoms with Gasteiger partial charge in [0.2, 0.25) is 0 Å². The molecular formula is C18H27NO2. The van der Waals surface area contributed by atoms with E-state index in [0.29, 0.717) is 6.04 Å². The van der Waals surface area contributed by atoms with Crippen LogP contribution in [-0.4, -0.2) is 29.4 Å². The topological polar surface area (TPSA) is 41.5 Å². The van der Waals surface area contributed by atoms with Crippen molar-refractivity contribution in [3.05, 3.63) is 29.3 Å². The van der Waals surface area contributed by atoms with Crippen molar-refractivity contribution in [1.82, 2.24) is 5.32 Å². The van der Waals surface area contributed by atoms with Gasteiger partial charge in [-0.15, -0.1) is 0 Å². The maximum absolute atomic E-state index is 9.69. The van der Waals surface area contributed by atoms with E-state index in [1.54, 1.807) is 0 Å². The van der Waals surface area contributed by atoms with Crippen LogP contribution in [0.2, 0.25) is 0 Å². The predicted molar refractivity (Wildman–Crippen MR) is 84.8 cm³/mol. The van der Waals surface area contributed by atoms with Gasteiger partial charge >= 0.3 is 0 Å². The van der Waals surface area contributed by atoms with E-state index in [-0.39, 0.29) is 18.2 Å². The Labute approximate surface area is 127 Å². The summed E-state index contributed by atoms with van der Waals surface area (Å²) in [7, 11) is 0. The van der Waals surface area contributed by atoms with Crippen LogP contribution in [0.5, 0.6) is 5.75 Å². The predicted octanol–water partition coefficient (Wildman–Crippen LogP) is 2.84. The van der Waals surface area contributed by atoms with Crippen molar-refractivity contribution in [3.63, 3.8) is 0 Å². The smallest absolute Gasteiger partial charge is 0.119 e. The lowest BCUT2D eigenvalue weighted by molar-refractivity contribution is 0.108. The fourth-order valence-electron chi connectivity index (χ4n) is 3.42. The van der Waals surface area contributed by atoms with Crippen LogP contribution in [0.15, 0.2) is 18.2 Å². The molecule has 0 spiro atoms. The van der Waals surface area contributed by atoms with E-state index in [9.17, 15) is 5.11 Å². The molecule has 3 nitrogen and oxygen atoms in total.